The molecule has 0 heterocycles. The van der Waals surface area contributed by atoms with E-state index in [4.69, 9.17) is 22.9 Å². The lowest BCUT2D eigenvalue weighted by Crippen LogP contribution is -2.29. The Morgan fingerprint density at radius 2 is 0.929 bits per heavy atom. The maximum Gasteiger partial charge on any atom is 0.0520 e. The first-order valence-corrected chi connectivity index (χ1v) is 4.56. The molecule has 0 aromatic heterocycles. The molecule has 0 aliphatic rings. The summed E-state index contributed by atoms with van der Waals surface area (Å²) >= 11 is 0. The van der Waals surface area contributed by atoms with Crippen molar-refractivity contribution >= 4 is 24.8 Å². The van der Waals surface area contributed by atoms with Crippen LogP contribution in [0.2, 0.25) is 0 Å². The van der Waals surface area contributed by atoms with E-state index in [0.717, 1.165) is 25.7 Å². The number of halogens is 2. The van der Waals surface area contributed by atoms with Gasteiger partial charge in [0, 0.05) is 0 Å². The molecule has 14 heavy (non-hydrogen) atoms. The van der Waals surface area contributed by atoms with Gasteiger partial charge in [0.05, 0.1) is 12.3 Å². The van der Waals surface area contributed by atoms with Crippen LogP contribution in [0.3, 0.4) is 0 Å². The van der Waals surface area contributed by atoms with E-state index >= 15 is 0 Å². The van der Waals surface area contributed by atoms with Crippen LogP contribution in [-0.2, 0) is 0 Å². The van der Waals surface area contributed by atoms with E-state index in [0.29, 0.717) is 0 Å². The van der Waals surface area contributed by atoms with Crippen molar-refractivity contribution in [2.24, 2.45) is 22.9 Å². The van der Waals surface area contributed by atoms with Crippen molar-refractivity contribution in [1.29, 1.82) is 0 Å². The highest BCUT2D eigenvalue weighted by Crippen LogP contribution is 1.83. The Labute approximate surface area is 100.0 Å². The van der Waals surface area contributed by atoms with Crippen LogP contribution in [0.15, 0.2) is 0 Å². The van der Waals surface area contributed by atoms with E-state index in [-0.39, 0.29) is 37.1 Å². The standard InChI is InChI=1S/2C4H12N2.2ClH/c2*1-2-3-4(5)6;;/h2*4H,2-3,5-6H2,1H3;2*1H. The number of hydrogen-bond acceptors (Lipinski definition) is 4. The lowest BCUT2D eigenvalue weighted by Gasteiger charge is -1.97. The van der Waals surface area contributed by atoms with Gasteiger partial charge < -0.3 is 22.9 Å². The molecular formula is C8H26Cl2N4. The zero-order chi connectivity index (χ0) is 9.98. The van der Waals surface area contributed by atoms with Crippen molar-refractivity contribution in [3.8, 4) is 0 Å². The van der Waals surface area contributed by atoms with Gasteiger partial charge in [-0.3, -0.25) is 0 Å². The van der Waals surface area contributed by atoms with Gasteiger partial charge in [0.2, 0.25) is 0 Å². The number of hydrogen-bond donors (Lipinski definition) is 4. The first-order valence-electron chi connectivity index (χ1n) is 4.56. The normalized spacial score (nSPS) is 8.57. The largest absolute Gasteiger partial charge is 0.316 e. The van der Waals surface area contributed by atoms with Crippen molar-refractivity contribution in [1.82, 2.24) is 0 Å². The summed E-state index contributed by atoms with van der Waals surface area (Å²) in [5, 5.41) is 0. The molecule has 0 saturated heterocycles. The predicted octanol–water partition coefficient (Wildman–Crippen LogP) is 0.904. The molecule has 0 spiro atoms. The lowest BCUT2D eigenvalue weighted by atomic mass is 10.3. The fourth-order valence-corrected chi connectivity index (χ4v) is 0.667. The number of rotatable bonds is 4. The van der Waals surface area contributed by atoms with Gasteiger partial charge in [-0.15, -0.1) is 24.8 Å². The average Bonchev–Trinajstić information content (AvgIpc) is 1.87. The minimum Gasteiger partial charge on any atom is -0.316 e. The fraction of sp³-hybridized carbons (Fsp3) is 1.00. The molecule has 0 rings (SSSR count). The first kappa shape index (κ1) is 23.9. The van der Waals surface area contributed by atoms with Crippen molar-refractivity contribution < 1.29 is 0 Å². The van der Waals surface area contributed by atoms with Crippen LogP contribution in [0, 0.1) is 0 Å². The van der Waals surface area contributed by atoms with Gasteiger partial charge >= 0.3 is 0 Å². The SMILES string of the molecule is CCCC(N)N.CCCC(N)N.Cl.Cl. The van der Waals surface area contributed by atoms with E-state index in [1.807, 2.05) is 0 Å². The molecule has 0 amide bonds. The minimum atomic E-state index is -0.102. The van der Waals surface area contributed by atoms with E-state index in [1.54, 1.807) is 0 Å². The van der Waals surface area contributed by atoms with Crippen LogP contribution in [0.25, 0.3) is 0 Å². The minimum absolute atomic E-state index is 0. The lowest BCUT2D eigenvalue weighted by molar-refractivity contribution is 0.627. The van der Waals surface area contributed by atoms with E-state index < -0.39 is 0 Å². The van der Waals surface area contributed by atoms with E-state index in [2.05, 4.69) is 13.8 Å². The molecule has 92 valence electrons. The Bertz CT molecular complexity index is 71.7. The molecule has 0 radical (unpaired) electrons. The van der Waals surface area contributed by atoms with Crippen LogP contribution < -0.4 is 22.9 Å². The second-order valence-corrected chi connectivity index (χ2v) is 2.91. The molecule has 0 aliphatic carbocycles. The summed E-state index contributed by atoms with van der Waals surface area (Å²) in [6.45, 7) is 4.12. The quantitative estimate of drug-likeness (QED) is 0.556. The Morgan fingerprint density at radius 3 is 0.929 bits per heavy atom. The van der Waals surface area contributed by atoms with Crippen LogP contribution in [0.4, 0.5) is 0 Å². The monoisotopic (exact) mass is 248 g/mol. The fourth-order valence-electron chi connectivity index (χ4n) is 0.667. The topological polar surface area (TPSA) is 104 Å². The summed E-state index contributed by atoms with van der Waals surface area (Å²) in [4.78, 5) is 0. The highest BCUT2D eigenvalue weighted by molar-refractivity contribution is 5.85. The Morgan fingerprint density at radius 1 is 0.714 bits per heavy atom. The Kier molecular flexibility index (Phi) is 32.6. The van der Waals surface area contributed by atoms with Crippen LogP contribution in [0.5, 0.6) is 0 Å². The van der Waals surface area contributed by atoms with Crippen LogP contribution in [0.1, 0.15) is 39.5 Å². The summed E-state index contributed by atoms with van der Waals surface area (Å²) in [6.07, 6.45) is 3.82. The zero-order valence-electron chi connectivity index (χ0n) is 9.11. The molecule has 4 nitrogen and oxygen atoms in total. The van der Waals surface area contributed by atoms with Gasteiger partial charge in [0.15, 0.2) is 0 Å². The predicted molar refractivity (Wildman–Crippen MR) is 68.6 cm³/mol. The molecule has 6 heteroatoms. The van der Waals surface area contributed by atoms with Crippen molar-refractivity contribution in [2.75, 3.05) is 0 Å². The van der Waals surface area contributed by atoms with Crippen molar-refractivity contribution in [3.63, 3.8) is 0 Å². The zero-order valence-corrected chi connectivity index (χ0v) is 10.7. The molecule has 0 unspecified atom stereocenters. The second-order valence-electron chi connectivity index (χ2n) is 2.91. The Balaban J connectivity index is -0.0000000625. The first-order chi connectivity index (χ1) is 5.54. The summed E-state index contributed by atoms with van der Waals surface area (Å²) < 4.78 is 0. The number of nitrogens with two attached hydrogens (primary N) is 4. The molecule has 0 aromatic rings. The molecule has 0 fully saturated rings. The molecular weight excluding hydrogens is 223 g/mol. The van der Waals surface area contributed by atoms with E-state index in [9.17, 15) is 0 Å². The van der Waals surface area contributed by atoms with Gasteiger partial charge in [-0.25, -0.2) is 0 Å². The van der Waals surface area contributed by atoms with Gasteiger partial charge in [0.1, 0.15) is 0 Å². The van der Waals surface area contributed by atoms with Gasteiger partial charge in [0.25, 0.3) is 0 Å². The molecule has 0 aromatic carbocycles. The Hall–Kier alpha value is 0.420. The molecule has 0 aliphatic heterocycles. The van der Waals surface area contributed by atoms with Crippen LogP contribution >= 0.6 is 24.8 Å². The highest BCUT2D eigenvalue weighted by atomic mass is 35.5. The molecule has 0 saturated carbocycles. The highest BCUT2D eigenvalue weighted by Gasteiger charge is 1.86. The molecule has 8 N–H and O–H groups in total. The van der Waals surface area contributed by atoms with Crippen LogP contribution in [-0.4, -0.2) is 12.3 Å². The van der Waals surface area contributed by atoms with Gasteiger partial charge in [-0.1, -0.05) is 26.7 Å². The van der Waals surface area contributed by atoms with Crippen molar-refractivity contribution in [3.05, 3.63) is 0 Å². The third kappa shape index (κ3) is 39.3. The van der Waals surface area contributed by atoms with Gasteiger partial charge in [-0.05, 0) is 12.8 Å². The molecule has 0 bridgehead atoms. The maximum atomic E-state index is 5.18. The summed E-state index contributed by atoms with van der Waals surface area (Å²) in [5.41, 5.74) is 20.7. The van der Waals surface area contributed by atoms with Gasteiger partial charge in [-0.2, -0.15) is 0 Å². The maximum absolute atomic E-state index is 5.18. The summed E-state index contributed by atoms with van der Waals surface area (Å²) in [6, 6.07) is 0. The smallest absolute Gasteiger partial charge is 0.0520 e. The molecule has 0 atom stereocenters. The average molecular weight is 249 g/mol. The third-order valence-electron chi connectivity index (χ3n) is 1.24. The van der Waals surface area contributed by atoms with E-state index in [1.165, 1.54) is 0 Å². The summed E-state index contributed by atoms with van der Waals surface area (Å²) in [5.74, 6) is 0. The second kappa shape index (κ2) is 19.1. The summed E-state index contributed by atoms with van der Waals surface area (Å²) in [7, 11) is 0. The van der Waals surface area contributed by atoms with Crippen molar-refractivity contribution in [2.45, 2.75) is 51.9 Å². The third-order valence-corrected chi connectivity index (χ3v) is 1.24.